The molecule has 0 atom stereocenters. The number of nitrogens with zero attached hydrogens (tertiary/aromatic N) is 1. The first kappa shape index (κ1) is 11.7. The van der Waals surface area contributed by atoms with Crippen LogP contribution >= 0.6 is 0 Å². The van der Waals surface area contributed by atoms with Crippen LogP contribution in [0.5, 0.6) is 0 Å². The Balaban J connectivity index is 2.53. The molecule has 0 aliphatic rings. The van der Waals surface area contributed by atoms with Crippen LogP contribution in [0.3, 0.4) is 0 Å². The number of anilines is 2. The van der Waals surface area contributed by atoms with Gasteiger partial charge in [-0.15, -0.1) is 0 Å². The number of rotatable bonds is 6. The highest BCUT2D eigenvalue weighted by Gasteiger charge is 2.04. The minimum absolute atomic E-state index is 0.140. The van der Waals surface area contributed by atoms with Crippen LogP contribution in [0.2, 0.25) is 0 Å². The van der Waals surface area contributed by atoms with Crippen LogP contribution in [0, 0.1) is 0 Å². The van der Waals surface area contributed by atoms with E-state index in [2.05, 4.69) is 15.0 Å². The molecule has 1 aromatic carbocycles. The molecule has 3 N–H and O–H groups in total. The first-order valence-corrected chi connectivity index (χ1v) is 4.48. The van der Waals surface area contributed by atoms with Gasteiger partial charge in [-0.25, -0.2) is 5.26 Å². The Morgan fingerprint density at radius 2 is 2.00 bits per heavy atom. The Kier molecular flexibility index (Phi) is 4.85. The lowest BCUT2D eigenvalue weighted by atomic mass is 10.2. The molecule has 0 saturated carbocycles. The highest BCUT2D eigenvalue weighted by Crippen LogP contribution is 2.15. The Labute approximate surface area is 87.5 Å². The zero-order valence-electron chi connectivity index (χ0n) is 8.42. The number of nitrogens with two attached hydrogens (primary N) is 1. The van der Waals surface area contributed by atoms with E-state index >= 15 is 0 Å². The summed E-state index contributed by atoms with van der Waals surface area (Å²) >= 11 is 0. The van der Waals surface area contributed by atoms with Crippen molar-refractivity contribution < 1.29 is 20.2 Å². The van der Waals surface area contributed by atoms with Crippen molar-refractivity contribution in [3.8, 4) is 0 Å². The van der Waals surface area contributed by atoms with Crippen molar-refractivity contribution >= 4 is 11.4 Å². The van der Waals surface area contributed by atoms with Gasteiger partial charge in [-0.05, 0) is 41.3 Å². The molecule has 0 fully saturated rings. The van der Waals surface area contributed by atoms with Crippen molar-refractivity contribution in [2.24, 2.45) is 0 Å². The van der Waals surface area contributed by atoms with Gasteiger partial charge in [-0.3, -0.25) is 0 Å². The molecule has 84 valence electrons. The maximum atomic E-state index is 7.88. The minimum atomic E-state index is 0.140. The lowest BCUT2D eigenvalue weighted by Crippen LogP contribution is -2.25. The standard InChI is InChI=1S/C9H14N2O4/c1-2-11(7-13-15-14-12)9-5-3-8(10)4-6-9/h3-6,12H,2,7,10H2,1H3. The molecule has 1 rings (SSSR count). The van der Waals surface area contributed by atoms with E-state index in [0.717, 1.165) is 12.2 Å². The molecule has 6 nitrogen and oxygen atoms in total. The first-order valence-electron chi connectivity index (χ1n) is 4.48. The summed E-state index contributed by atoms with van der Waals surface area (Å²) < 4.78 is 0. The summed E-state index contributed by atoms with van der Waals surface area (Å²) in [6.07, 6.45) is 0. The summed E-state index contributed by atoms with van der Waals surface area (Å²) in [6.45, 7) is 2.82. The average Bonchev–Trinajstić information content (AvgIpc) is 2.26. The average molecular weight is 214 g/mol. The van der Waals surface area contributed by atoms with E-state index in [1.807, 2.05) is 24.0 Å². The lowest BCUT2D eigenvalue weighted by Gasteiger charge is -2.21. The Hall–Kier alpha value is -1.34. The van der Waals surface area contributed by atoms with Crippen LogP contribution in [0.15, 0.2) is 24.3 Å². The van der Waals surface area contributed by atoms with Gasteiger partial charge in [0.2, 0.25) is 0 Å². The summed E-state index contributed by atoms with van der Waals surface area (Å²) in [5.41, 5.74) is 7.20. The maximum Gasteiger partial charge on any atom is 0.157 e. The molecule has 0 unspecified atom stereocenters. The van der Waals surface area contributed by atoms with Crippen LogP contribution < -0.4 is 10.6 Å². The molecule has 0 saturated heterocycles. The predicted octanol–water partition coefficient (Wildman–Crippen LogP) is 1.41. The van der Waals surface area contributed by atoms with Crippen LogP contribution in [-0.2, 0) is 15.0 Å². The van der Waals surface area contributed by atoms with Crippen LogP contribution in [-0.4, -0.2) is 18.5 Å². The Morgan fingerprint density at radius 3 is 2.53 bits per heavy atom. The molecular formula is C9H14N2O4. The molecule has 0 radical (unpaired) electrons. The van der Waals surface area contributed by atoms with Crippen molar-refractivity contribution in [1.82, 2.24) is 0 Å². The van der Waals surface area contributed by atoms with Gasteiger partial charge in [0.25, 0.3) is 0 Å². The van der Waals surface area contributed by atoms with Crippen LogP contribution in [0.1, 0.15) is 6.92 Å². The second-order valence-corrected chi connectivity index (χ2v) is 2.84. The third-order valence-electron chi connectivity index (χ3n) is 1.93. The molecule has 15 heavy (non-hydrogen) atoms. The molecule has 6 heteroatoms. The van der Waals surface area contributed by atoms with E-state index < -0.39 is 0 Å². The molecule has 1 aromatic rings. The molecule has 0 aromatic heterocycles. The number of hydrogen-bond donors (Lipinski definition) is 2. The largest absolute Gasteiger partial charge is 0.399 e. The Bertz CT molecular complexity index is 278. The third-order valence-corrected chi connectivity index (χ3v) is 1.93. The van der Waals surface area contributed by atoms with Gasteiger partial charge in [0.1, 0.15) is 0 Å². The molecule has 0 aliphatic carbocycles. The second-order valence-electron chi connectivity index (χ2n) is 2.84. The van der Waals surface area contributed by atoms with E-state index in [1.165, 1.54) is 0 Å². The predicted molar refractivity (Wildman–Crippen MR) is 54.6 cm³/mol. The topological polar surface area (TPSA) is 77.2 Å². The molecule has 0 amide bonds. The molecular weight excluding hydrogens is 200 g/mol. The highest BCUT2D eigenvalue weighted by atomic mass is 17.6. The van der Waals surface area contributed by atoms with Crippen molar-refractivity contribution in [1.29, 1.82) is 0 Å². The zero-order chi connectivity index (χ0) is 11.1. The fraction of sp³-hybridized carbons (Fsp3) is 0.333. The summed E-state index contributed by atoms with van der Waals surface area (Å²) in [5, 5.41) is 15.1. The highest BCUT2D eigenvalue weighted by molar-refractivity contribution is 5.52. The van der Waals surface area contributed by atoms with Gasteiger partial charge in [0, 0.05) is 17.9 Å². The summed E-state index contributed by atoms with van der Waals surface area (Å²) in [4.78, 5) is 6.40. The van der Waals surface area contributed by atoms with Gasteiger partial charge in [0.05, 0.1) is 0 Å². The monoisotopic (exact) mass is 214 g/mol. The molecule has 0 spiro atoms. The van der Waals surface area contributed by atoms with Crippen LogP contribution in [0.25, 0.3) is 0 Å². The normalized spacial score (nSPS) is 10.3. The number of hydrogen-bond acceptors (Lipinski definition) is 6. The number of benzene rings is 1. The quantitative estimate of drug-likeness (QED) is 0.245. The fourth-order valence-corrected chi connectivity index (χ4v) is 1.14. The van der Waals surface area contributed by atoms with E-state index in [4.69, 9.17) is 11.0 Å². The van der Waals surface area contributed by atoms with E-state index in [1.54, 1.807) is 12.1 Å². The lowest BCUT2D eigenvalue weighted by molar-refractivity contribution is -0.623. The SMILES string of the molecule is CCN(COOOO)c1ccc(N)cc1. The number of nitrogen functional groups attached to an aromatic ring is 1. The molecule has 0 heterocycles. The van der Waals surface area contributed by atoms with E-state index in [0.29, 0.717) is 5.69 Å². The minimum Gasteiger partial charge on any atom is -0.399 e. The fourth-order valence-electron chi connectivity index (χ4n) is 1.14. The first-order chi connectivity index (χ1) is 7.27. The smallest absolute Gasteiger partial charge is 0.157 e. The summed E-state index contributed by atoms with van der Waals surface area (Å²) in [6, 6.07) is 7.31. The maximum absolute atomic E-state index is 7.88. The van der Waals surface area contributed by atoms with Crippen LogP contribution in [0.4, 0.5) is 11.4 Å². The summed E-state index contributed by atoms with van der Waals surface area (Å²) in [7, 11) is 0. The van der Waals surface area contributed by atoms with E-state index in [-0.39, 0.29) is 6.73 Å². The van der Waals surface area contributed by atoms with Gasteiger partial charge >= 0.3 is 0 Å². The zero-order valence-corrected chi connectivity index (χ0v) is 8.42. The van der Waals surface area contributed by atoms with Crippen molar-refractivity contribution in [2.45, 2.75) is 6.92 Å². The van der Waals surface area contributed by atoms with Gasteiger partial charge in [-0.2, -0.15) is 4.89 Å². The third kappa shape index (κ3) is 3.72. The summed E-state index contributed by atoms with van der Waals surface area (Å²) in [5.74, 6) is 0. The molecule has 0 bridgehead atoms. The van der Waals surface area contributed by atoms with Crippen molar-refractivity contribution in [3.63, 3.8) is 0 Å². The van der Waals surface area contributed by atoms with Crippen molar-refractivity contribution in [3.05, 3.63) is 24.3 Å². The van der Waals surface area contributed by atoms with Gasteiger partial charge in [-0.1, -0.05) is 0 Å². The van der Waals surface area contributed by atoms with Gasteiger partial charge in [0.15, 0.2) is 6.73 Å². The van der Waals surface area contributed by atoms with E-state index in [9.17, 15) is 0 Å². The van der Waals surface area contributed by atoms with Gasteiger partial charge < -0.3 is 10.6 Å². The Morgan fingerprint density at radius 1 is 1.33 bits per heavy atom. The van der Waals surface area contributed by atoms with Crippen molar-refractivity contribution in [2.75, 3.05) is 23.9 Å². The second kappa shape index (κ2) is 6.20. The molecule has 0 aliphatic heterocycles.